The van der Waals surface area contributed by atoms with Crippen LogP contribution in [0.2, 0.25) is 5.02 Å². The van der Waals surface area contributed by atoms with Crippen molar-refractivity contribution in [1.29, 1.82) is 0 Å². The highest BCUT2D eigenvalue weighted by Crippen LogP contribution is 2.40. The minimum Gasteiger partial charge on any atom is -0.494 e. The second-order valence-corrected chi connectivity index (χ2v) is 10.8. The summed E-state index contributed by atoms with van der Waals surface area (Å²) in [5, 5.41) is 8.83. The van der Waals surface area contributed by atoms with Crippen LogP contribution in [0.4, 0.5) is 28.7 Å². The van der Waals surface area contributed by atoms with E-state index in [0.717, 1.165) is 57.1 Å². The number of carbonyl (C=O) groups excluding carboxylic acids is 1. The quantitative estimate of drug-likeness (QED) is 0.348. The summed E-state index contributed by atoms with van der Waals surface area (Å²) < 4.78 is 11.2. The van der Waals surface area contributed by atoms with Crippen LogP contribution in [0.5, 0.6) is 5.75 Å². The first-order chi connectivity index (χ1) is 20.5. The average Bonchev–Trinajstić information content (AvgIpc) is 3.48. The van der Waals surface area contributed by atoms with Gasteiger partial charge in [0.2, 0.25) is 5.91 Å². The second kappa shape index (κ2) is 12.5. The third-order valence-electron chi connectivity index (χ3n) is 7.85. The van der Waals surface area contributed by atoms with Crippen LogP contribution in [0.25, 0.3) is 0 Å². The Balaban J connectivity index is 1.25. The van der Waals surface area contributed by atoms with E-state index in [2.05, 4.69) is 37.0 Å². The number of piperazine rings is 1. The summed E-state index contributed by atoms with van der Waals surface area (Å²) in [5.74, 6) is 1.50. The SMILES string of the molecule is C=CC(=O)Nc1cc(Nc2cc(N3OCCC3c3ccc(Cl)cc3)ncn2)c(OC)cc1N1CCN(C2COC2)CC1. The van der Waals surface area contributed by atoms with E-state index < -0.39 is 0 Å². The Kier molecular flexibility index (Phi) is 8.43. The Morgan fingerprint density at radius 1 is 1.10 bits per heavy atom. The van der Waals surface area contributed by atoms with Gasteiger partial charge in [0.05, 0.1) is 56.1 Å². The largest absolute Gasteiger partial charge is 0.494 e. The highest BCUT2D eigenvalue weighted by atomic mass is 35.5. The Morgan fingerprint density at radius 3 is 2.57 bits per heavy atom. The molecule has 0 bridgehead atoms. The first-order valence-electron chi connectivity index (χ1n) is 14.0. The molecule has 1 unspecified atom stereocenters. The van der Waals surface area contributed by atoms with Crippen molar-refractivity contribution in [2.75, 3.05) is 73.7 Å². The van der Waals surface area contributed by atoms with Gasteiger partial charge in [0, 0.05) is 49.8 Å². The first kappa shape index (κ1) is 28.2. The maximum Gasteiger partial charge on any atom is 0.247 e. The zero-order valence-electron chi connectivity index (χ0n) is 23.5. The number of hydrogen-bond acceptors (Lipinski definition) is 10. The van der Waals surface area contributed by atoms with Crippen LogP contribution >= 0.6 is 11.6 Å². The van der Waals surface area contributed by atoms with E-state index in [4.69, 9.17) is 25.9 Å². The van der Waals surface area contributed by atoms with Crippen LogP contribution in [0.3, 0.4) is 0 Å². The molecule has 3 aliphatic rings. The Labute approximate surface area is 250 Å². The normalized spacial score (nSPS) is 19.3. The van der Waals surface area contributed by atoms with E-state index in [0.29, 0.717) is 46.4 Å². The number of hydrogen-bond donors (Lipinski definition) is 2. The monoisotopic (exact) mass is 591 g/mol. The number of methoxy groups -OCH3 is 1. The second-order valence-electron chi connectivity index (χ2n) is 10.4. The lowest BCUT2D eigenvalue weighted by atomic mass is 10.0. The summed E-state index contributed by atoms with van der Waals surface area (Å²) in [6.07, 6.45) is 3.57. The molecule has 11 nitrogen and oxygen atoms in total. The van der Waals surface area contributed by atoms with Crippen molar-refractivity contribution in [2.45, 2.75) is 18.5 Å². The topological polar surface area (TPSA) is 104 Å². The average molecular weight is 592 g/mol. The summed E-state index contributed by atoms with van der Waals surface area (Å²) in [6.45, 7) is 9.28. The highest BCUT2D eigenvalue weighted by Gasteiger charge is 2.31. The zero-order chi connectivity index (χ0) is 29.1. The van der Waals surface area contributed by atoms with Gasteiger partial charge in [-0.1, -0.05) is 30.3 Å². The third kappa shape index (κ3) is 6.00. The molecule has 3 aliphatic heterocycles. The van der Waals surface area contributed by atoms with Gasteiger partial charge in [0.15, 0.2) is 5.82 Å². The third-order valence-corrected chi connectivity index (χ3v) is 8.11. The van der Waals surface area contributed by atoms with Gasteiger partial charge in [-0.05, 0) is 29.8 Å². The highest BCUT2D eigenvalue weighted by molar-refractivity contribution is 6.30. The Hall–Kier alpha value is -3.90. The molecule has 12 heteroatoms. The fourth-order valence-corrected chi connectivity index (χ4v) is 5.63. The summed E-state index contributed by atoms with van der Waals surface area (Å²) in [7, 11) is 1.63. The fourth-order valence-electron chi connectivity index (χ4n) is 5.50. The number of anilines is 5. The molecule has 6 rings (SSSR count). The van der Waals surface area contributed by atoms with Gasteiger partial charge in [0.1, 0.15) is 17.9 Å². The van der Waals surface area contributed by atoms with Crippen LogP contribution in [0.1, 0.15) is 18.0 Å². The molecule has 2 N–H and O–H groups in total. The molecule has 1 amide bonds. The molecule has 0 saturated carbocycles. The molecule has 2 aromatic carbocycles. The molecule has 0 radical (unpaired) electrons. The Bertz CT molecular complexity index is 1430. The van der Waals surface area contributed by atoms with Crippen LogP contribution in [0, 0.1) is 0 Å². The first-order valence-corrected chi connectivity index (χ1v) is 14.4. The summed E-state index contributed by atoms with van der Waals surface area (Å²) in [5.41, 5.74) is 3.28. The number of halogens is 1. The van der Waals surface area contributed by atoms with Crippen LogP contribution in [0.15, 0.2) is 61.4 Å². The predicted octanol–water partition coefficient (Wildman–Crippen LogP) is 4.41. The van der Waals surface area contributed by atoms with Crippen LogP contribution < -0.4 is 25.3 Å². The van der Waals surface area contributed by atoms with Crippen molar-refractivity contribution in [3.63, 3.8) is 0 Å². The molecule has 3 fully saturated rings. The molecule has 3 aromatic rings. The van der Waals surface area contributed by atoms with Crippen molar-refractivity contribution in [2.24, 2.45) is 0 Å². The van der Waals surface area contributed by atoms with Gasteiger partial charge >= 0.3 is 0 Å². The fraction of sp³-hybridized carbons (Fsp3) is 0.367. The lowest BCUT2D eigenvalue weighted by molar-refractivity contribution is -0.111. The van der Waals surface area contributed by atoms with Crippen molar-refractivity contribution in [3.8, 4) is 5.75 Å². The minimum absolute atomic E-state index is 0.00293. The van der Waals surface area contributed by atoms with Crippen molar-refractivity contribution in [1.82, 2.24) is 14.9 Å². The van der Waals surface area contributed by atoms with E-state index >= 15 is 0 Å². The molecule has 4 heterocycles. The Morgan fingerprint density at radius 2 is 1.88 bits per heavy atom. The lowest BCUT2D eigenvalue weighted by Crippen LogP contribution is -2.56. The molecule has 3 saturated heterocycles. The van der Waals surface area contributed by atoms with E-state index in [1.165, 1.54) is 12.4 Å². The van der Waals surface area contributed by atoms with E-state index in [1.54, 1.807) is 7.11 Å². The lowest BCUT2D eigenvalue weighted by Gasteiger charge is -2.43. The van der Waals surface area contributed by atoms with Gasteiger partial charge < -0.3 is 25.0 Å². The van der Waals surface area contributed by atoms with Crippen molar-refractivity contribution < 1.29 is 19.1 Å². The smallest absolute Gasteiger partial charge is 0.247 e. The molecular weight excluding hydrogens is 558 g/mol. The number of carbonyl (C=O) groups is 1. The molecule has 0 spiro atoms. The standard InChI is InChI=1S/C30H34ClN7O4/c1-3-30(39)35-23-14-24(27(40-2)15-26(23)37-11-9-36(10-12-37)22-17-41-18-22)34-28-16-29(33-19-32-28)38-25(8-13-42-38)20-4-6-21(31)7-5-20/h3-7,14-16,19,22,25H,1,8-13,17-18H2,2H3,(H,35,39)(H,32,33,34). The van der Waals surface area contributed by atoms with Gasteiger partial charge in [0.25, 0.3) is 0 Å². The maximum atomic E-state index is 12.4. The van der Waals surface area contributed by atoms with Gasteiger partial charge in [-0.2, -0.15) is 0 Å². The zero-order valence-corrected chi connectivity index (χ0v) is 24.2. The molecular formula is C30H34ClN7O4. The molecule has 42 heavy (non-hydrogen) atoms. The molecule has 220 valence electrons. The summed E-state index contributed by atoms with van der Waals surface area (Å²) >= 11 is 6.10. The minimum atomic E-state index is -0.290. The number of nitrogens with zero attached hydrogens (tertiary/aromatic N) is 5. The molecule has 1 aromatic heterocycles. The van der Waals surface area contributed by atoms with Crippen molar-refractivity contribution in [3.05, 3.63) is 72.0 Å². The van der Waals surface area contributed by atoms with Gasteiger partial charge in [-0.3, -0.25) is 14.5 Å². The predicted molar refractivity (Wildman–Crippen MR) is 163 cm³/mol. The number of aromatic nitrogens is 2. The van der Waals surface area contributed by atoms with Crippen molar-refractivity contribution >= 4 is 46.2 Å². The number of amides is 1. The number of nitrogens with one attached hydrogen (secondary N) is 2. The number of rotatable bonds is 9. The summed E-state index contributed by atoms with van der Waals surface area (Å²) in [4.78, 5) is 32.0. The van der Waals surface area contributed by atoms with E-state index in [1.807, 2.05) is 47.5 Å². The van der Waals surface area contributed by atoms with E-state index in [-0.39, 0.29) is 11.9 Å². The van der Waals surface area contributed by atoms with Crippen LogP contribution in [-0.2, 0) is 14.4 Å². The number of benzene rings is 2. The van der Waals surface area contributed by atoms with Gasteiger partial charge in [-0.25, -0.2) is 15.0 Å². The summed E-state index contributed by atoms with van der Waals surface area (Å²) in [6, 6.07) is 13.9. The molecule has 1 atom stereocenters. The number of hydroxylamine groups is 1. The van der Waals surface area contributed by atoms with E-state index in [9.17, 15) is 4.79 Å². The maximum absolute atomic E-state index is 12.4. The van der Waals surface area contributed by atoms with Gasteiger partial charge in [-0.15, -0.1) is 0 Å². The number of ether oxygens (including phenoxy) is 2. The molecule has 0 aliphatic carbocycles. The van der Waals surface area contributed by atoms with Crippen LogP contribution in [-0.4, -0.2) is 79.9 Å².